The third kappa shape index (κ3) is 6.99. The Morgan fingerprint density at radius 1 is 1.08 bits per heavy atom. The lowest BCUT2D eigenvalue weighted by Crippen LogP contribution is -2.48. The normalized spacial score (nSPS) is 16.0. The van der Waals surface area contributed by atoms with E-state index in [1.165, 1.54) is 17.7 Å². The number of rotatable bonds is 10. The van der Waals surface area contributed by atoms with Crippen LogP contribution in [0.3, 0.4) is 0 Å². The van der Waals surface area contributed by atoms with Gasteiger partial charge in [-0.15, -0.1) is 0 Å². The van der Waals surface area contributed by atoms with Gasteiger partial charge in [0.25, 0.3) is 5.91 Å². The van der Waals surface area contributed by atoms with Gasteiger partial charge in [-0.25, -0.2) is 8.78 Å². The van der Waals surface area contributed by atoms with Crippen LogP contribution in [-0.2, 0) is 25.8 Å². The number of hydrogen-bond acceptors (Lipinski definition) is 5. The van der Waals surface area contributed by atoms with Crippen LogP contribution in [0.25, 0.3) is 0 Å². The van der Waals surface area contributed by atoms with Crippen LogP contribution < -0.4 is 10.6 Å². The van der Waals surface area contributed by atoms with Gasteiger partial charge >= 0.3 is 0 Å². The van der Waals surface area contributed by atoms with Crippen LogP contribution in [0, 0.1) is 24.0 Å². The number of furan rings is 1. The SMILES string of the molecule is CCc1cccc(CNC[C@@H](O)[C@H](Cc2cc(F)cc(F)c2)NC(=O)c2oc3c(c2C)C(=O)CC(C)(C)C3)c1. The molecule has 0 bridgehead atoms. The molecule has 0 saturated carbocycles. The molecule has 1 aliphatic carbocycles. The molecule has 39 heavy (non-hydrogen) atoms. The minimum Gasteiger partial charge on any atom is -0.455 e. The van der Waals surface area contributed by atoms with Crippen molar-refractivity contribution in [2.24, 2.45) is 5.41 Å². The first-order valence-electron chi connectivity index (χ1n) is 13.3. The molecule has 1 amide bonds. The zero-order valence-electron chi connectivity index (χ0n) is 22.9. The maximum Gasteiger partial charge on any atom is 0.287 e. The molecule has 1 heterocycles. The Bertz CT molecular complexity index is 1340. The van der Waals surface area contributed by atoms with Crippen LogP contribution in [0.5, 0.6) is 0 Å². The zero-order valence-corrected chi connectivity index (χ0v) is 22.9. The van der Waals surface area contributed by atoms with E-state index >= 15 is 0 Å². The quantitative estimate of drug-likeness (QED) is 0.335. The Morgan fingerprint density at radius 2 is 1.77 bits per heavy atom. The number of amides is 1. The minimum atomic E-state index is -1.08. The van der Waals surface area contributed by atoms with Crippen LogP contribution in [0.2, 0.25) is 0 Å². The van der Waals surface area contributed by atoms with Gasteiger partial charge in [-0.3, -0.25) is 9.59 Å². The van der Waals surface area contributed by atoms with E-state index in [4.69, 9.17) is 4.42 Å². The molecule has 4 rings (SSSR count). The lowest BCUT2D eigenvalue weighted by atomic mass is 9.76. The van der Waals surface area contributed by atoms with Crippen molar-refractivity contribution in [1.82, 2.24) is 10.6 Å². The van der Waals surface area contributed by atoms with E-state index in [-0.39, 0.29) is 29.9 Å². The summed E-state index contributed by atoms with van der Waals surface area (Å²) in [6.45, 7) is 8.32. The van der Waals surface area contributed by atoms with Gasteiger partial charge in [0.15, 0.2) is 11.5 Å². The van der Waals surface area contributed by atoms with E-state index in [9.17, 15) is 23.5 Å². The Balaban J connectivity index is 1.52. The summed E-state index contributed by atoms with van der Waals surface area (Å²) in [7, 11) is 0. The average Bonchev–Trinajstić information content (AvgIpc) is 3.18. The highest BCUT2D eigenvalue weighted by Gasteiger charge is 2.37. The van der Waals surface area contributed by atoms with Crippen molar-refractivity contribution in [3.63, 3.8) is 0 Å². The van der Waals surface area contributed by atoms with Gasteiger partial charge in [0.1, 0.15) is 17.4 Å². The zero-order chi connectivity index (χ0) is 28.3. The Morgan fingerprint density at radius 3 is 2.46 bits per heavy atom. The molecular weight excluding hydrogens is 502 g/mol. The highest BCUT2D eigenvalue weighted by molar-refractivity contribution is 6.03. The molecule has 0 spiro atoms. The summed E-state index contributed by atoms with van der Waals surface area (Å²) in [4.78, 5) is 26.1. The van der Waals surface area contributed by atoms with Gasteiger partial charge in [-0.2, -0.15) is 0 Å². The first-order valence-corrected chi connectivity index (χ1v) is 13.3. The molecular formula is C31H36F2N2O4. The third-order valence-corrected chi connectivity index (χ3v) is 7.22. The van der Waals surface area contributed by atoms with Crippen LogP contribution in [-0.4, -0.2) is 35.5 Å². The standard InChI is InChI=1S/C31H36F2N2O4/c1-5-19-7-6-8-20(9-19)16-34-17-26(37)24(12-21-10-22(32)13-23(33)11-21)35-30(38)29-18(2)28-25(36)14-31(3,4)15-27(28)39-29/h6-11,13,24,26,34,37H,5,12,14-17H2,1-4H3,(H,35,38)/t24-,26+/m0/s1. The first-order chi connectivity index (χ1) is 18.5. The lowest BCUT2D eigenvalue weighted by Gasteiger charge is -2.27. The monoisotopic (exact) mass is 538 g/mol. The van der Waals surface area contributed by atoms with Crippen molar-refractivity contribution in [3.05, 3.63) is 93.4 Å². The molecule has 1 aliphatic rings. The number of carbonyl (C=O) groups excluding carboxylic acids is 2. The van der Waals surface area contributed by atoms with E-state index in [1.807, 2.05) is 32.0 Å². The topological polar surface area (TPSA) is 91.6 Å². The summed E-state index contributed by atoms with van der Waals surface area (Å²) >= 11 is 0. The molecule has 1 aromatic heterocycles. The summed E-state index contributed by atoms with van der Waals surface area (Å²) in [6, 6.07) is 10.3. The highest BCUT2D eigenvalue weighted by Crippen LogP contribution is 2.38. The first kappa shape index (κ1) is 28.6. The number of halogens is 2. The molecule has 0 radical (unpaired) electrons. The molecule has 6 nitrogen and oxygen atoms in total. The smallest absolute Gasteiger partial charge is 0.287 e. The summed E-state index contributed by atoms with van der Waals surface area (Å²) < 4.78 is 33.7. The maximum atomic E-state index is 13.9. The predicted molar refractivity (Wildman–Crippen MR) is 145 cm³/mol. The highest BCUT2D eigenvalue weighted by atomic mass is 19.1. The van der Waals surface area contributed by atoms with E-state index in [0.29, 0.717) is 41.8 Å². The molecule has 0 saturated heterocycles. The second-order valence-corrected chi connectivity index (χ2v) is 11.2. The van der Waals surface area contributed by atoms with Crippen LogP contribution in [0.15, 0.2) is 46.9 Å². The van der Waals surface area contributed by atoms with Crippen molar-refractivity contribution in [3.8, 4) is 0 Å². The Labute approximate surface area is 227 Å². The second-order valence-electron chi connectivity index (χ2n) is 11.2. The Hall–Kier alpha value is -3.36. The largest absolute Gasteiger partial charge is 0.455 e. The molecule has 3 aromatic rings. The van der Waals surface area contributed by atoms with Crippen LogP contribution >= 0.6 is 0 Å². The van der Waals surface area contributed by atoms with E-state index in [1.54, 1.807) is 6.92 Å². The molecule has 0 aliphatic heterocycles. The number of fused-ring (bicyclic) bond motifs is 1. The molecule has 2 aromatic carbocycles. The number of benzene rings is 2. The van der Waals surface area contributed by atoms with Gasteiger partial charge in [-0.1, -0.05) is 45.0 Å². The molecule has 2 atom stereocenters. The maximum absolute atomic E-state index is 13.9. The van der Waals surface area contributed by atoms with E-state index in [0.717, 1.165) is 18.1 Å². The van der Waals surface area contributed by atoms with Crippen molar-refractivity contribution >= 4 is 11.7 Å². The predicted octanol–water partition coefficient (Wildman–Crippen LogP) is 5.08. The summed E-state index contributed by atoms with van der Waals surface area (Å²) in [5.74, 6) is -1.64. The fourth-order valence-corrected chi connectivity index (χ4v) is 5.27. The van der Waals surface area contributed by atoms with Crippen molar-refractivity contribution in [2.75, 3.05) is 6.54 Å². The number of Topliss-reactive ketones (excluding diaryl/α,β-unsaturated/α-hetero) is 1. The van der Waals surface area contributed by atoms with E-state index < -0.39 is 29.7 Å². The fraction of sp³-hybridized carbons (Fsp3) is 0.419. The molecule has 8 heteroatoms. The number of nitrogens with one attached hydrogen (secondary N) is 2. The second kappa shape index (κ2) is 11.8. The van der Waals surface area contributed by atoms with Crippen molar-refractivity contribution in [1.29, 1.82) is 0 Å². The fourth-order valence-electron chi connectivity index (χ4n) is 5.27. The van der Waals surface area contributed by atoms with Gasteiger partial charge < -0.3 is 20.2 Å². The average molecular weight is 539 g/mol. The summed E-state index contributed by atoms with van der Waals surface area (Å²) in [5, 5.41) is 17.1. The number of hydrogen-bond donors (Lipinski definition) is 3. The minimum absolute atomic E-state index is 0.0120. The number of aliphatic hydroxyl groups is 1. The Kier molecular flexibility index (Phi) is 8.67. The molecule has 0 fully saturated rings. The summed E-state index contributed by atoms with van der Waals surface area (Å²) in [5.41, 5.74) is 3.18. The summed E-state index contributed by atoms with van der Waals surface area (Å²) in [6.07, 6.45) is 0.703. The van der Waals surface area contributed by atoms with E-state index in [2.05, 4.69) is 23.6 Å². The van der Waals surface area contributed by atoms with Gasteiger partial charge in [0.05, 0.1) is 17.7 Å². The number of aryl methyl sites for hydroxylation is 1. The molecule has 208 valence electrons. The van der Waals surface area contributed by atoms with Crippen molar-refractivity contribution < 1.29 is 27.9 Å². The van der Waals surface area contributed by atoms with Crippen molar-refractivity contribution in [2.45, 2.75) is 72.1 Å². The molecule has 3 N–H and O–H groups in total. The number of ketones is 1. The van der Waals surface area contributed by atoms with Crippen LogP contribution in [0.1, 0.15) is 76.1 Å². The number of carbonyl (C=O) groups is 2. The van der Waals surface area contributed by atoms with Gasteiger partial charge in [0.2, 0.25) is 0 Å². The van der Waals surface area contributed by atoms with Crippen LogP contribution in [0.4, 0.5) is 8.78 Å². The molecule has 0 unspecified atom stereocenters. The lowest BCUT2D eigenvalue weighted by molar-refractivity contribution is 0.0798. The third-order valence-electron chi connectivity index (χ3n) is 7.22. The van der Waals surface area contributed by atoms with Gasteiger partial charge in [0, 0.05) is 37.6 Å². The van der Waals surface area contributed by atoms with Gasteiger partial charge in [-0.05, 0) is 54.0 Å². The number of aliphatic hydroxyl groups excluding tert-OH is 1.